The Morgan fingerprint density at radius 2 is 1.86 bits per heavy atom. The number of halogens is 1. The summed E-state index contributed by atoms with van der Waals surface area (Å²) in [6, 6.07) is 18.1. The number of piperazine rings is 1. The van der Waals surface area contributed by atoms with Crippen LogP contribution in [0.4, 0.5) is 14.7 Å². The number of aromatic nitrogens is 2. The number of carboxylic acid groups (broad SMARTS) is 1. The maximum Gasteiger partial charge on any atom is 0.355 e. The topological polar surface area (TPSA) is 111 Å². The number of nitrogens with one attached hydrogen (secondary N) is 1. The zero-order valence-corrected chi connectivity index (χ0v) is 30.1. The number of carbonyl (C=O) groups is 2. The van der Waals surface area contributed by atoms with Crippen molar-refractivity contribution < 1.29 is 23.8 Å². The van der Waals surface area contributed by atoms with Crippen molar-refractivity contribution in [2.75, 3.05) is 56.1 Å². The highest BCUT2D eigenvalue weighted by Gasteiger charge is 2.27. The van der Waals surface area contributed by atoms with Crippen molar-refractivity contribution in [1.29, 1.82) is 0 Å². The minimum Gasteiger partial charge on any atom is -0.491 e. The number of carbonyl (C=O) groups excluding carboxylic acids is 1. The molecule has 2 aliphatic heterocycles. The minimum atomic E-state index is -1.10. The summed E-state index contributed by atoms with van der Waals surface area (Å²) >= 11 is 7.11. The number of amides is 1. The molecule has 5 aromatic rings. The van der Waals surface area contributed by atoms with Gasteiger partial charge in [0, 0.05) is 55.3 Å². The van der Waals surface area contributed by atoms with E-state index in [4.69, 9.17) is 4.74 Å². The lowest BCUT2D eigenvalue weighted by molar-refractivity contribution is 0.0690. The van der Waals surface area contributed by atoms with Crippen molar-refractivity contribution in [2.24, 2.45) is 0 Å². The molecule has 3 aromatic carbocycles. The molecule has 10 nitrogen and oxygen atoms in total. The normalized spacial score (nSPS) is 14.9. The van der Waals surface area contributed by atoms with Crippen molar-refractivity contribution in [3.8, 4) is 17.6 Å². The molecular formula is C37H35FN6O4S3. The fraction of sp³-hybridized carbons (Fsp3) is 0.297. The maximum absolute atomic E-state index is 14.8. The van der Waals surface area contributed by atoms with Crippen LogP contribution in [0.5, 0.6) is 5.75 Å². The first-order valence-electron chi connectivity index (χ1n) is 16.6. The van der Waals surface area contributed by atoms with Crippen LogP contribution in [0.3, 0.4) is 0 Å². The summed E-state index contributed by atoms with van der Waals surface area (Å²) in [6.45, 7) is 5.45. The van der Waals surface area contributed by atoms with Gasteiger partial charge in [-0.25, -0.2) is 19.2 Å². The highest BCUT2D eigenvalue weighted by atomic mass is 32.1. The van der Waals surface area contributed by atoms with E-state index >= 15 is 0 Å². The van der Waals surface area contributed by atoms with Crippen LogP contribution in [0.15, 0.2) is 60.7 Å². The molecule has 0 bridgehead atoms. The Kier molecular flexibility index (Phi) is 10.8. The molecule has 1 fully saturated rings. The van der Waals surface area contributed by atoms with Crippen LogP contribution in [-0.2, 0) is 19.4 Å². The van der Waals surface area contributed by atoms with Crippen LogP contribution >= 0.6 is 35.5 Å². The zero-order chi connectivity index (χ0) is 35.3. The molecule has 2 aliphatic rings. The molecule has 1 amide bonds. The Morgan fingerprint density at radius 1 is 1.02 bits per heavy atom. The second-order valence-electron chi connectivity index (χ2n) is 12.3. The fourth-order valence-corrected chi connectivity index (χ4v) is 8.28. The summed E-state index contributed by atoms with van der Waals surface area (Å²) in [5.41, 5.74) is 3.93. The molecule has 0 unspecified atom stereocenters. The number of para-hydroxylation sites is 1. The lowest BCUT2D eigenvalue weighted by Crippen LogP contribution is -2.42. The third-order valence-corrected chi connectivity index (χ3v) is 11.3. The molecule has 2 aromatic heterocycles. The number of hydrogen-bond acceptors (Lipinski definition) is 11. The average Bonchev–Trinajstić information content (AvgIpc) is 3.75. The number of aryl methyl sites for hydroxylation is 1. The van der Waals surface area contributed by atoms with Crippen molar-refractivity contribution in [3.05, 3.63) is 99.3 Å². The van der Waals surface area contributed by atoms with Crippen LogP contribution in [-0.4, -0.2) is 82.0 Å². The van der Waals surface area contributed by atoms with E-state index in [1.807, 2.05) is 45.6 Å². The van der Waals surface area contributed by atoms with Gasteiger partial charge >= 0.3 is 5.97 Å². The molecule has 0 spiro atoms. The number of nitrogens with zero attached hydrogens (tertiary/aromatic N) is 5. The van der Waals surface area contributed by atoms with E-state index in [1.165, 1.54) is 28.7 Å². The van der Waals surface area contributed by atoms with E-state index in [0.29, 0.717) is 65.2 Å². The largest absolute Gasteiger partial charge is 0.491 e. The maximum atomic E-state index is 14.8. The van der Waals surface area contributed by atoms with E-state index in [2.05, 4.69) is 44.8 Å². The number of hydrogen-bond donors (Lipinski definition) is 3. The molecule has 1 saturated heterocycles. The van der Waals surface area contributed by atoms with Gasteiger partial charge in [0.25, 0.3) is 5.91 Å². The summed E-state index contributed by atoms with van der Waals surface area (Å²) < 4.78 is 23.5. The summed E-state index contributed by atoms with van der Waals surface area (Å²) in [6.07, 6.45) is 1.57. The van der Waals surface area contributed by atoms with Crippen molar-refractivity contribution >= 4 is 67.8 Å². The summed E-state index contributed by atoms with van der Waals surface area (Å²) in [4.78, 5) is 39.5. The minimum absolute atomic E-state index is 0.00395. The van der Waals surface area contributed by atoms with Crippen LogP contribution in [0.2, 0.25) is 0 Å². The van der Waals surface area contributed by atoms with Gasteiger partial charge < -0.3 is 14.7 Å². The van der Waals surface area contributed by atoms with Crippen LogP contribution in [0.1, 0.15) is 48.8 Å². The fourth-order valence-electron chi connectivity index (χ4n) is 6.12. The Bertz CT molecular complexity index is 2100. The quantitative estimate of drug-likeness (QED) is 0.0872. The first-order valence-corrected chi connectivity index (χ1v) is 18.7. The third-order valence-electron chi connectivity index (χ3n) is 8.81. The van der Waals surface area contributed by atoms with Crippen molar-refractivity contribution in [2.45, 2.75) is 25.8 Å². The molecule has 2 N–H and O–H groups in total. The first-order chi connectivity index (χ1) is 24.8. The average molecular weight is 743 g/mol. The van der Waals surface area contributed by atoms with E-state index < -0.39 is 11.8 Å². The lowest BCUT2D eigenvalue weighted by atomic mass is 9.94. The molecule has 51 heavy (non-hydrogen) atoms. The number of aromatic carboxylic acids is 1. The van der Waals surface area contributed by atoms with Gasteiger partial charge in [0.1, 0.15) is 0 Å². The van der Waals surface area contributed by atoms with E-state index in [0.717, 1.165) is 47.5 Å². The standard InChI is InChI=1S/C37H35FN6O4S3/c38-28-22-24(6-4-15-42-17-19-44(49)20-18-42)12-13-30(28)48-21-5-11-32-33(35(46)47)40-37(51-32)43-16-14-25-7-3-8-26(27(25)23-43)34(45)41-36-39-29-9-1-2-10-31(29)50-36/h1-3,7-10,12-13,22,49H,5,11,14-21,23H2,(H,46,47)(H,39,41,45). The van der Waals surface area contributed by atoms with Gasteiger partial charge in [0.15, 0.2) is 27.5 Å². The first kappa shape index (κ1) is 34.9. The van der Waals surface area contributed by atoms with Gasteiger partial charge in [-0.3, -0.25) is 19.3 Å². The monoisotopic (exact) mass is 742 g/mol. The SMILES string of the molecule is O=C(Nc1nc2ccccc2s1)c1cccc2c1CN(c1nc(C(=O)O)c(CCCOc3ccc(C#CCN4CCN(S)CC4)cc3F)s1)CC2. The van der Waals surface area contributed by atoms with Gasteiger partial charge in [0.05, 0.1) is 23.4 Å². The molecule has 0 saturated carbocycles. The summed E-state index contributed by atoms with van der Waals surface area (Å²) in [5.74, 6) is 4.44. The Labute approximate surface area is 308 Å². The smallest absolute Gasteiger partial charge is 0.355 e. The molecule has 0 aliphatic carbocycles. The number of rotatable bonds is 10. The second kappa shape index (κ2) is 15.8. The number of benzene rings is 3. The van der Waals surface area contributed by atoms with Gasteiger partial charge in [0.2, 0.25) is 0 Å². The number of thiol groups is 1. The molecule has 0 radical (unpaired) electrons. The molecular weight excluding hydrogens is 708 g/mol. The summed E-state index contributed by atoms with van der Waals surface area (Å²) in [7, 11) is 0. The molecule has 7 rings (SSSR count). The highest BCUT2D eigenvalue weighted by molar-refractivity contribution is 7.77. The van der Waals surface area contributed by atoms with Gasteiger partial charge in [-0.1, -0.05) is 60.3 Å². The molecule has 4 heterocycles. The number of carboxylic acids is 1. The Morgan fingerprint density at radius 3 is 2.67 bits per heavy atom. The lowest BCUT2D eigenvalue weighted by Gasteiger charge is -2.29. The zero-order valence-electron chi connectivity index (χ0n) is 27.6. The van der Waals surface area contributed by atoms with E-state index in [1.54, 1.807) is 18.2 Å². The third kappa shape index (κ3) is 8.35. The molecule has 0 atom stereocenters. The number of anilines is 2. The second-order valence-corrected chi connectivity index (χ2v) is 14.9. The van der Waals surface area contributed by atoms with E-state index in [-0.39, 0.29) is 24.0 Å². The van der Waals surface area contributed by atoms with E-state index in [9.17, 15) is 19.1 Å². The van der Waals surface area contributed by atoms with Crippen molar-refractivity contribution in [3.63, 3.8) is 0 Å². The van der Waals surface area contributed by atoms with Crippen LogP contribution in [0, 0.1) is 17.7 Å². The number of thiazole rings is 2. The Hall–Kier alpha value is -4.52. The Balaban J connectivity index is 0.959. The highest BCUT2D eigenvalue weighted by Crippen LogP contribution is 2.33. The number of ether oxygens (including phenoxy) is 1. The predicted octanol–water partition coefficient (Wildman–Crippen LogP) is 6.23. The van der Waals surface area contributed by atoms with Gasteiger partial charge in [-0.05, 0) is 66.8 Å². The van der Waals surface area contributed by atoms with Crippen LogP contribution < -0.4 is 15.0 Å². The predicted molar refractivity (Wildman–Crippen MR) is 202 cm³/mol. The molecule has 14 heteroatoms. The molecule has 262 valence electrons. The van der Waals surface area contributed by atoms with Gasteiger partial charge in [-0.15, -0.1) is 11.3 Å². The van der Waals surface area contributed by atoms with Gasteiger partial charge in [-0.2, -0.15) is 0 Å². The number of fused-ring (bicyclic) bond motifs is 2. The van der Waals surface area contributed by atoms with Crippen LogP contribution in [0.25, 0.3) is 10.2 Å². The summed E-state index contributed by atoms with van der Waals surface area (Å²) in [5, 5.41) is 14.0. The van der Waals surface area contributed by atoms with Crippen molar-refractivity contribution in [1.82, 2.24) is 19.2 Å².